The molecule has 2 aromatic rings. The number of aryl methyl sites for hydroxylation is 1. The van der Waals surface area contributed by atoms with E-state index in [4.69, 9.17) is 0 Å². The Balaban J connectivity index is 2.29. The average molecular weight is 172 g/mol. The highest BCUT2D eigenvalue weighted by Crippen LogP contribution is 2.28. The molecule has 1 aliphatic rings. The third kappa shape index (κ3) is 0.824. The van der Waals surface area contributed by atoms with E-state index in [2.05, 4.69) is 40.6 Å². The number of aromatic nitrogens is 4. The Morgan fingerprint density at radius 3 is 3.23 bits per heavy atom. The van der Waals surface area contributed by atoms with Gasteiger partial charge in [0.2, 0.25) is 0 Å². The van der Waals surface area contributed by atoms with Crippen LogP contribution in [0.25, 0.3) is 11.4 Å². The molecule has 1 aliphatic heterocycles. The molecule has 0 saturated carbocycles. The summed E-state index contributed by atoms with van der Waals surface area (Å²) in [5.41, 5.74) is 3.73. The summed E-state index contributed by atoms with van der Waals surface area (Å²) in [4.78, 5) is 0. The topological polar surface area (TPSA) is 43.6 Å². The maximum Gasteiger partial charge on any atom is 0.182 e. The van der Waals surface area contributed by atoms with Gasteiger partial charge in [-0.2, -0.15) is 0 Å². The van der Waals surface area contributed by atoms with E-state index in [1.165, 1.54) is 11.1 Å². The summed E-state index contributed by atoms with van der Waals surface area (Å²) in [6, 6.07) is 6.34. The molecule has 64 valence electrons. The van der Waals surface area contributed by atoms with Crippen molar-refractivity contribution in [1.82, 2.24) is 20.2 Å². The van der Waals surface area contributed by atoms with E-state index in [9.17, 15) is 0 Å². The number of tetrazole rings is 1. The molecule has 0 fully saturated rings. The number of nitrogens with zero attached hydrogens (tertiary/aromatic N) is 4. The van der Waals surface area contributed by atoms with Gasteiger partial charge in [0, 0.05) is 5.56 Å². The van der Waals surface area contributed by atoms with Gasteiger partial charge in [-0.25, -0.2) is 4.68 Å². The van der Waals surface area contributed by atoms with E-state index in [1.807, 2.05) is 4.68 Å². The first-order chi connectivity index (χ1) is 6.34. The fourth-order valence-electron chi connectivity index (χ4n) is 1.74. The number of fused-ring (bicyclic) bond motifs is 3. The van der Waals surface area contributed by atoms with Crippen LogP contribution in [0.3, 0.4) is 0 Å². The standard InChI is InChI=1S/C9H8N4/c1-6-2-3-8-7(4-6)5-13-9(8)10-11-12-13/h2-4H,5H2,1H3. The second-order valence-electron chi connectivity index (χ2n) is 3.32. The minimum Gasteiger partial charge on any atom is -0.221 e. The number of hydrogen-bond donors (Lipinski definition) is 0. The normalized spacial score (nSPS) is 12.7. The first-order valence-electron chi connectivity index (χ1n) is 4.21. The zero-order valence-corrected chi connectivity index (χ0v) is 7.23. The maximum absolute atomic E-state index is 3.97. The monoisotopic (exact) mass is 172 g/mol. The van der Waals surface area contributed by atoms with Crippen molar-refractivity contribution in [3.63, 3.8) is 0 Å². The van der Waals surface area contributed by atoms with Gasteiger partial charge in [-0.1, -0.05) is 23.8 Å². The van der Waals surface area contributed by atoms with Gasteiger partial charge in [0.25, 0.3) is 0 Å². The first kappa shape index (κ1) is 6.77. The largest absolute Gasteiger partial charge is 0.221 e. The summed E-state index contributed by atoms with van der Waals surface area (Å²) in [5.74, 6) is 0.884. The lowest BCUT2D eigenvalue weighted by Gasteiger charge is -1.97. The summed E-state index contributed by atoms with van der Waals surface area (Å²) in [6.45, 7) is 2.90. The molecular formula is C9H8N4. The van der Waals surface area contributed by atoms with E-state index >= 15 is 0 Å². The average Bonchev–Trinajstić information content (AvgIpc) is 2.62. The Hall–Kier alpha value is -1.71. The van der Waals surface area contributed by atoms with Crippen LogP contribution in [0, 0.1) is 6.92 Å². The summed E-state index contributed by atoms with van der Waals surface area (Å²) < 4.78 is 1.82. The van der Waals surface area contributed by atoms with Gasteiger partial charge in [0.15, 0.2) is 5.82 Å². The summed E-state index contributed by atoms with van der Waals surface area (Å²) >= 11 is 0. The van der Waals surface area contributed by atoms with E-state index in [1.54, 1.807) is 0 Å². The molecule has 0 aliphatic carbocycles. The number of rotatable bonds is 0. The predicted molar refractivity (Wildman–Crippen MR) is 47.1 cm³/mol. The quantitative estimate of drug-likeness (QED) is 0.508. The van der Waals surface area contributed by atoms with E-state index in [0.717, 1.165) is 17.9 Å². The smallest absolute Gasteiger partial charge is 0.182 e. The van der Waals surface area contributed by atoms with Crippen LogP contribution in [-0.2, 0) is 6.54 Å². The zero-order valence-electron chi connectivity index (χ0n) is 7.23. The summed E-state index contributed by atoms with van der Waals surface area (Å²) in [6.07, 6.45) is 0. The van der Waals surface area contributed by atoms with Gasteiger partial charge in [-0.3, -0.25) is 0 Å². The van der Waals surface area contributed by atoms with Crippen LogP contribution in [0.4, 0.5) is 0 Å². The van der Waals surface area contributed by atoms with Crippen molar-refractivity contribution < 1.29 is 0 Å². The SMILES string of the molecule is Cc1ccc2c(c1)Cn1nnnc1-2. The predicted octanol–water partition coefficient (Wildman–Crippen LogP) is 1.01. The fraction of sp³-hybridized carbons (Fsp3) is 0.222. The molecule has 4 nitrogen and oxygen atoms in total. The Bertz CT molecular complexity index is 472. The first-order valence-corrected chi connectivity index (χ1v) is 4.21. The second kappa shape index (κ2) is 2.16. The van der Waals surface area contributed by atoms with E-state index < -0.39 is 0 Å². The Morgan fingerprint density at radius 2 is 2.31 bits per heavy atom. The molecule has 0 spiro atoms. The van der Waals surface area contributed by atoms with E-state index in [-0.39, 0.29) is 0 Å². The number of benzene rings is 1. The van der Waals surface area contributed by atoms with Crippen molar-refractivity contribution in [2.24, 2.45) is 0 Å². The third-order valence-corrected chi connectivity index (χ3v) is 2.35. The summed E-state index contributed by atoms with van der Waals surface area (Å²) in [5, 5.41) is 11.5. The lowest BCUT2D eigenvalue weighted by Crippen LogP contribution is -1.95. The Kier molecular flexibility index (Phi) is 1.12. The van der Waals surface area contributed by atoms with Crippen molar-refractivity contribution in [2.45, 2.75) is 13.5 Å². The highest BCUT2D eigenvalue weighted by molar-refractivity contribution is 5.64. The molecule has 3 rings (SSSR count). The van der Waals surface area contributed by atoms with Gasteiger partial charge in [0.05, 0.1) is 6.54 Å². The molecule has 0 radical (unpaired) electrons. The molecule has 0 saturated heterocycles. The third-order valence-electron chi connectivity index (χ3n) is 2.35. The number of hydrogen-bond acceptors (Lipinski definition) is 3. The molecule has 4 heteroatoms. The second-order valence-corrected chi connectivity index (χ2v) is 3.32. The molecule has 13 heavy (non-hydrogen) atoms. The van der Waals surface area contributed by atoms with Crippen LogP contribution in [0.2, 0.25) is 0 Å². The van der Waals surface area contributed by atoms with Crippen molar-refractivity contribution >= 4 is 0 Å². The molecule has 0 amide bonds. The molecular weight excluding hydrogens is 164 g/mol. The van der Waals surface area contributed by atoms with Crippen LogP contribution < -0.4 is 0 Å². The lowest BCUT2D eigenvalue weighted by atomic mass is 10.1. The van der Waals surface area contributed by atoms with Crippen LogP contribution in [0.5, 0.6) is 0 Å². The lowest BCUT2D eigenvalue weighted by molar-refractivity contribution is 0.670. The van der Waals surface area contributed by atoms with Crippen molar-refractivity contribution in [2.75, 3.05) is 0 Å². The zero-order chi connectivity index (χ0) is 8.84. The molecule has 1 aromatic heterocycles. The van der Waals surface area contributed by atoms with Crippen molar-refractivity contribution in [3.05, 3.63) is 29.3 Å². The molecule has 0 bridgehead atoms. The minimum atomic E-state index is 0.805. The van der Waals surface area contributed by atoms with Gasteiger partial charge in [-0.05, 0) is 22.9 Å². The summed E-state index contributed by atoms with van der Waals surface area (Å²) in [7, 11) is 0. The molecule has 0 N–H and O–H groups in total. The van der Waals surface area contributed by atoms with Crippen LogP contribution in [-0.4, -0.2) is 20.2 Å². The van der Waals surface area contributed by atoms with Gasteiger partial charge >= 0.3 is 0 Å². The molecule has 0 atom stereocenters. The molecule has 0 unspecified atom stereocenters. The van der Waals surface area contributed by atoms with Gasteiger partial charge in [0.1, 0.15) is 0 Å². The van der Waals surface area contributed by atoms with Crippen molar-refractivity contribution in [1.29, 1.82) is 0 Å². The van der Waals surface area contributed by atoms with Crippen LogP contribution in [0.15, 0.2) is 18.2 Å². The van der Waals surface area contributed by atoms with Crippen LogP contribution >= 0.6 is 0 Å². The highest BCUT2D eigenvalue weighted by Gasteiger charge is 2.20. The van der Waals surface area contributed by atoms with Gasteiger partial charge in [-0.15, -0.1) is 5.10 Å². The molecule has 1 aromatic carbocycles. The Morgan fingerprint density at radius 1 is 1.38 bits per heavy atom. The molecule has 2 heterocycles. The van der Waals surface area contributed by atoms with Crippen molar-refractivity contribution in [3.8, 4) is 11.4 Å². The highest BCUT2D eigenvalue weighted by atomic mass is 15.5. The fourth-order valence-corrected chi connectivity index (χ4v) is 1.74. The van der Waals surface area contributed by atoms with Crippen LogP contribution in [0.1, 0.15) is 11.1 Å². The minimum absolute atomic E-state index is 0.805. The van der Waals surface area contributed by atoms with Gasteiger partial charge < -0.3 is 0 Å². The maximum atomic E-state index is 3.97. The Labute approximate surface area is 75.2 Å². The van der Waals surface area contributed by atoms with E-state index in [0.29, 0.717) is 0 Å².